The molecular weight excluding hydrogens is 156 g/mol. The second kappa shape index (κ2) is 2.77. The standard InChI is InChI=1S/C7H8N4O/c1-2-5-10-7(12-11-5)6-8-3-4-9-6/h3-4H,2H2,1H3,(H,8,9). The van der Waals surface area contributed by atoms with Gasteiger partial charge in [0.15, 0.2) is 11.6 Å². The van der Waals surface area contributed by atoms with Crippen molar-refractivity contribution in [3.05, 3.63) is 18.2 Å². The Balaban J connectivity index is 2.35. The lowest BCUT2D eigenvalue weighted by atomic mass is 10.5. The predicted octanol–water partition coefficient (Wildman–Crippen LogP) is 1.02. The Bertz CT molecular complexity index is 351. The van der Waals surface area contributed by atoms with Gasteiger partial charge in [-0.15, -0.1) is 0 Å². The number of aromatic amines is 1. The smallest absolute Gasteiger partial charge is 0.293 e. The average molecular weight is 164 g/mol. The van der Waals surface area contributed by atoms with Crippen molar-refractivity contribution in [3.8, 4) is 11.7 Å². The Hall–Kier alpha value is -1.65. The molecular formula is C7H8N4O. The molecule has 0 atom stereocenters. The fourth-order valence-electron chi connectivity index (χ4n) is 0.876. The van der Waals surface area contributed by atoms with Crippen LogP contribution in [-0.2, 0) is 6.42 Å². The van der Waals surface area contributed by atoms with E-state index in [0.717, 1.165) is 6.42 Å². The average Bonchev–Trinajstić information content (AvgIpc) is 2.75. The maximum Gasteiger partial charge on any atom is 0.293 e. The van der Waals surface area contributed by atoms with Crippen LogP contribution in [0.1, 0.15) is 12.7 Å². The normalized spacial score (nSPS) is 10.4. The van der Waals surface area contributed by atoms with E-state index in [-0.39, 0.29) is 0 Å². The Kier molecular flexibility index (Phi) is 1.62. The predicted molar refractivity (Wildman–Crippen MR) is 41.3 cm³/mol. The van der Waals surface area contributed by atoms with Crippen molar-refractivity contribution < 1.29 is 4.52 Å². The highest BCUT2D eigenvalue weighted by molar-refractivity contribution is 5.38. The highest BCUT2D eigenvalue weighted by Gasteiger charge is 2.08. The van der Waals surface area contributed by atoms with Gasteiger partial charge in [0.05, 0.1) is 0 Å². The van der Waals surface area contributed by atoms with Crippen LogP contribution in [0, 0.1) is 0 Å². The van der Waals surface area contributed by atoms with Crippen LogP contribution in [-0.4, -0.2) is 20.1 Å². The third-order valence-corrected chi connectivity index (χ3v) is 1.49. The van der Waals surface area contributed by atoms with Crippen molar-refractivity contribution in [1.82, 2.24) is 20.1 Å². The zero-order valence-electron chi connectivity index (χ0n) is 6.61. The number of hydrogen-bond acceptors (Lipinski definition) is 4. The van der Waals surface area contributed by atoms with Gasteiger partial charge in [-0.1, -0.05) is 12.1 Å². The van der Waals surface area contributed by atoms with Gasteiger partial charge in [0, 0.05) is 18.8 Å². The van der Waals surface area contributed by atoms with Gasteiger partial charge < -0.3 is 9.51 Å². The van der Waals surface area contributed by atoms with E-state index in [1.54, 1.807) is 12.4 Å². The van der Waals surface area contributed by atoms with Crippen LogP contribution in [0.15, 0.2) is 16.9 Å². The van der Waals surface area contributed by atoms with Gasteiger partial charge in [-0.05, 0) is 0 Å². The summed E-state index contributed by atoms with van der Waals surface area (Å²) < 4.78 is 4.95. The molecule has 2 heterocycles. The van der Waals surface area contributed by atoms with Crippen molar-refractivity contribution in [1.29, 1.82) is 0 Å². The van der Waals surface area contributed by atoms with Crippen LogP contribution < -0.4 is 0 Å². The monoisotopic (exact) mass is 164 g/mol. The van der Waals surface area contributed by atoms with Crippen LogP contribution in [0.2, 0.25) is 0 Å². The van der Waals surface area contributed by atoms with Gasteiger partial charge in [-0.2, -0.15) is 4.98 Å². The molecule has 0 aromatic carbocycles. The maximum atomic E-state index is 4.95. The highest BCUT2D eigenvalue weighted by Crippen LogP contribution is 2.10. The molecule has 62 valence electrons. The largest absolute Gasteiger partial charge is 0.341 e. The fourth-order valence-corrected chi connectivity index (χ4v) is 0.876. The Morgan fingerprint density at radius 1 is 1.58 bits per heavy atom. The molecule has 0 aliphatic rings. The van der Waals surface area contributed by atoms with E-state index in [1.807, 2.05) is 6.92 Å². The van der Waals surface area contributed by atoms with Gasteiger partial charge in [0.1, 0.15) is 0 Å². The molecule has 0 bridgehead atoms. The van der Waals surface area contributed by atoms with Crippen LogP contribution in [0.5, 0.6) is 0 Å². The molecule has 0 spiro atoms. The number of nitrogens with one attached hydrogen (secondary N) is 1. The number of H-pyrrole nitrogens is 1. The molecule has 0 saturated carbocycles. The summed E-state index contributed by atoms with van der Waals surface area (Å²) in [5.74, 6) is 1.75. The molecule has 2 rings (SSSR count). The molecule has 0 saturated heterocycles. The van der Waals surface area contributed by atoms with Crippen molar-refractivity contribution in [2.45, 2.75) is 13.3 Å². The molecule has 0 fully saturated rings. The van der Waals surface area contributed by atoms with Gasteiger partial charge in [-0.25, -0.2) is 4.98 Å². The van der Waals surface area contributed by atoms with Gasteiger partial charge in [0.25, 0.3) is 5.89 Å². The topological polar surface area (TPSA) is 67.6 Å². The fraction of sp³-hybridized carbons (Fsp3) is 0.286. The SMILES string of the molecule is CCc1noc(-c2ncc[nH]2)n1. The van der Waals surface area contributed by atoms with E-state index < -0.39 is 0 Å². The first-order chi connectivity index (χ1) is 5.90. The molecule has 0 amide bonds. The number of hydrogen-bond donors (Lipinski definition) is 1. The van der Waals surface area contributed by atoms with Crippen molar-refractivity contribution >= 4 is 0 Å². The number of rotatable bonds is 2. The third-order valence-electron chi connectivity index (χ3n) is 1.49. The summed E-state index contributed by atoms with van der Waals surface area (Å²) >= 11 is 0. The molecule has 0 unspecified atom stereocenters. The third kappa shape index (κ3) is 1.09. The Morgan fingerprint density at radius 2 is 2.50 bits per heavy atom. The molecule has 0 radical (unpaired) electrons. The van der Waals surface area contributed by atoms with Crippen molar-refractivity contribution in [2.75, 3.05) is 0 Å². The first kappa shape index (κ1) is 7.02. The maximum absolute atomic E-state index is 4.95. The first-order valence-corrected chi connectivity index (χ1v) is 3.72. The van der Waals surface area contributed by atoms with Crippen molar-refractivity contribution in [3.63, 3.8) is 0 Å². The van der Waals surface area contributed by atoms with E-state index in [9.17, 15) is 0 Å². The lowest BCUT2D eigenvalue weighted by Crippen LogP contribution is -1.83. The first-order valence-electron chi connectivity index (χ1n) is 3.72. The van der Waals surface area contributed by atoms with Gasteiger partial charge >= 0.3 is 0 Å². The highest BCUT2D eigenvalue weighted by atomic mass is 16.5. The summed E-state index contributed by atoms with van der Waals surface area (Å²) in [4.78, 5) is 11.0. The van der Waals surface area contributed by atoms with Crippen molar-refractivity contribution in [2.24, 2.45) is 0 Å². The molecule has 5 nitrogen and oxygen atoms in total. The lowest BCUT2D eigenvalue weighted by Gasteiger charge is -1.81. The quantitative estimate of drug-likeness (QED) is 0.719. The van der Waals surface area contributed by atoms with E-state index in [1.165, 1.54) is 0 Å². The lowest BCUT2D eigenvalue weighted by molar-refractivity contribution is 0.421. The molecule has 0 aliphatic heterocycles. The minimum Gasteiger partial charge on any atom is -0.341 e. The van der Waals surface area contributed by atoms with Gasteiger partial charge in [0.2, 0.25) is 0 Å². The number of nitrogens with zero attached hydrogens (tertiary/aromatic N) is 3. The molecule has 1 N–H and O–H groups in total. The Morgan fingerprint density at radius 3 is 3.08 bits per heavy atom. The zero-order chi connectivity index (χ0) is 8.39. The second-order valence-corrected chi connectivity index (χ2v) is 2.31. The van der Waals surface area contributed by atoms with Gasteiger partial charge in [-0.3, -0.25) is 0 Å². The van der Waals surface area contributed by atoms with Crippen LogP contribution in [0.4, 0.5) is 0 Å². The molecule has 2 aromatic heterocycles. The Labute approximate surface area is 68.8 Å². The number of imidazole rings is 1. The van der Waals surface area contributed by atoms with Crippen LogP contribution >= 0.6 is 0 Å². The second-order valence-electron chi connectivity index (χ2n) is 2.31. The van der Waals surface area contributed by atoms with E-state index in [2.05, 4.69) is 20.1 Å². The molecule has 0 aliphatic carbocycles. The summed E-state index contributed by atoms with van der Waals surface area (Å²) in [5, 5.41) is 3.74. The zero-order valence-corrected chi connectivity index (χ0v) is 6.61. The summed E-state index contributed by atoms with van der Waals surface area (Å²) in [7, 11) is 0. The molecule has 12 heavy (non-hydrogen) atoms. The summed E-state index contributed by atoms with van der Waals surface area (Å²) in [6.45, 7) is 1.97. The minimum absolute atomic E-state index is 0.442. The summed E-state index contributed by atoms with van der Waals surface area (Å²) in [6.07, 6.45) is 4.13. The van der Waals surface area contributed by atoms with E-state index in [0.29, 0.717) is 17.5 Å². The molecule has 5 heteroatoms. The minimum atomic E-state index is 0.442. The summed E-state index contributed by atoms with van der Waals surface area (Å²) in [5.41, 5.74) is 0. The summed E-state index contributed by atoms with van der Waals surface area (Å²) in [6, 6.07) is 0. The number of aromatic nitrogens is 4. The van der Waals surface area contributed by atoms with Crippen LogP contribution in [0.3, 0.4) is 0 Å². The van der Waals surface area contributed by atoms with Crippen LogP contribution in [0.25, 0.3) is 11.7 Å². The molecule has 2 aromatic rings. The van der Waals surface area contributed by atoms with E-state index >= 15 is 0 Å². The van der Waals surface area contributed by atoms with E-state index in [4.69, 9.17) is 4.52 Å². The number of aryl methyl sites for hydroxylation is 1.